The lowest BCUT2D eigenvalue weighted by Gasteiger charge is -2.16. The van der Waals surface area contributed by atoms with Crippen molar-refractivity contribution < 1.29 is 9.84 Å². The maximum absolute atomic E-state index is 10.8. The summed E-state index contributed by atoms with van der Waals surface area (Å²) >= 11 is 0. The number of aromatic nitrogens is 3. The molecule has 35 heavy (non-hydrogen) atoms. The van der Waals surface area contributed by atoms with Gasteiger partial charge in [-0.2, -0.15) is 0 Å². The topological polar surface area (TPSA) is 80.2 Å². The molecule has 0 spiro atoms. The number of fused-ring (bicyclic) bond motifs is 1. The van der Waals surface area contributed by atoms with Gasteiger partial charge in [-0.3, -0.25) is 4.98 Å². The molecule has 0 fully saturated rings. The molecule has 5 rings (SSSR count). The average Bonchev–Trinajstić information content (AvgIpc) is 2.90. The molecule has 170 valence electrons. The predicted molar refractivity (Wildman–Crippen MR) is 136 cm³/mol. The third kappa shape index (κ3) is 5.27. The second kappa shape index (κ2) is 9.64. The van der Waals surface area contributed by atoms with Crippen molar-refractivity contribution in [2.45, 2.75) is 12.5 Å². The van der Waals surface area contributed by atoms with Crippen molar-refractivity contribution in [3.63, 3.8) is 0 Å². The largest absolute Gasteiger partial charge is 0.457 e. The lowest BCUT2D eigenvalue weighted by atomic mass is 9.97. The fraction of sp³-hybridized carbons (Fsp3) is 0.0690. The Morgan fingerprint density at radius 3 is 2.37 bits per heavy atom. The van der Waals surface area contributed by atoms with Crippen LogP contribution < -0.4 is 10.1 Å². The summed E-state index contributed by atoms with van der Waals surface area (Å²) in [5, 5.41) is 15.0. The molecule has 2 heterocycles. The van der Waals surface area contributed by atoms with Crippen LogP contribution in [-0.4, -0.2) is 20.1 Å². The lowest BCUT2D eigenvalue weighted by molar-refractivity contribution is 0.122. The Kier molecular flexibility index (Phi) is 6.08. The fourth-order valence-electron chi connectivity index (χ4n) is 3.54. The van der Waals surface area contributed by atoms with Gasteiger partial charge >= 0.3 is 0 Å². The number of rotatable bonds is 5. The summed E-state index contributed by atoms with van der Waals surface area (Å²) in [5.74, 6) is 8.22. The van der Waals surface area contributed by atoms with Gasteiger partial charge in [0.05, 0.1) is 5.52 Å². The molecule has 0 radical (unpaired) electrons. The number of nitrogens with zero attached hydrogens (tertiary/aromatic N) is 3. The van der Waals surface area contributed by atoms with E-state index in [4.69, 9.17) is 4.74 Å². The van der Waals surface area contributed by atoms with Gasteiger partial charge in [-0.05, 0) is 79.2 Å². The van der Waals surface area contributed by atoms with E-state index in [0.29, 0.717) is 11.4 Å². The van der Waals surface area contributed by atoms with Crippen LogP contribution in [0.4, 0.5) is 11.5 Å². The number of hydrogen-bond donors (Lipinski definition) is 2. The van der Waals surface area contributed by atoms with Crippen molar-refractivity contribution in [3.05, 3.63) is 115 Å². The summed E-state index contributed by atoms with van der Waals surface area (Å²) in [7, 11) is 0. The van der Waals surface area contributed by atoms with Crippen LogP contribution in [0.2, 0.25) is 0 Å². The van der Waals surface area contributed by atoms with Crippen LogP contribution in [-0.2, 0) is 5.60 Å². The van der Waals surface area contributed by atoms with Crippen molar-refractivity contribution >= 4 is 22.4 Å². The van der Waals surface area contributed by atoms with E-state index in [1.807, 2.05) is 72.8 Å². The Morgan fingerprint density at radius 2 is 1.60 bits per heavy atom. The normalized spacial score (nSPS) is 12.3. The van der Waals surface area contributed by atoms with Crippen molar-refractivity contribution in [2.75, 3.05) is 5.32 Å². The van der Waals surface area contributed by atoms with Gasteiger partial charge in [-0.25, -0.2) is 9.97 Å². The van der Waals surface area contributed by atoms with Gasteiger partial charge in [-0.1, -0.05) is 30.0 Å². The molecule has 0 aliphatic carbocycles. The Balaban J connectivity index is 1.38. The Bertz CT molecular complexity index is 1510. The molecule has 6 heteroatoms. The third-order valence-corrected chi connectivity index (χ3v) is 5.42. The van der Waals surface area contributed by atoms with E-state index >= 15 is 0 Å². The van der Waals surface area contributed by atoms with E-state index in [2.05, 4.69) is 32.1 Å². The standard InChI is InChI=1S/C29H22N4O2/c1-29(34,22-14-17-30-18-15-22)16-13-21-7-12-27-26(19-21)28(32-20-31-27)33-23-8-10-25(11-9-23)35-24-5-3-2-4-6-24/h2-12,14-15,17-20,34H,1H3,(H,31,32,33). The number of hydrogen-bond acceptors (Lipinski definition) is 6. The minimum absolute atomic E-state index is 0.663. The van der Waals surface area contributed by atoms with Gasteiger partial charge in [0, 0.05) is 29.0 Å². The molecule has 0 saturated carbocycles. The highest BCUT2D eigenvalue weighted by atomic mass is 16.5. The molecule has 2 N–H and O–H groups in total. The van der Waals surface area contributed by atoms with Crippen LogP contribution in [0.3, 0.4) is 0 Å². The highest BCUT2D eigenvalue weighted by molar-refractivity contribution is 5.91. The number of ether oxygens (including phenoxy) is 1. The van der Waals surface area contributed by atoms with Crippen molar-refractivity contribution in [2.24, 2.45) is 0 Å². The lowest BCUT2D eigenvalue weighted by Crippen LogP contribution is -2.18. The Labute approximate surface area is 203 Å². The van der Waals surface area contributed by atoms with Crippen LogP contribution in [0.1, 0.15) is 18.1 Å². The van der Waals surface area contributed by atoms with E-state index in [1.165, 1.54) is 6.33 Å². The van der Waals surface area contributed by atoms with E-state index in [1.54, 1.807) is 31.5 Å². The number of aliphatic hydroxyl groups is 1. The van der Waals surface area contributed by atoms with Gasteiger partial charge in [0.2, 0.25) is 0 Å². The number of pyridine rings is 1. The maximum Gasteiger partial charge on any atom is 0.148 e. The van der Waals surface area contributed by atoms with Crippen molar-refractivity contribution in [3.8, 4) is 23.3 Å². The number of anilines is 2. The van der Waals surface area contributed by atoms with E-state index in [9.17, 15) is 5.11 Å². The third-order valence-electron chi connectivity index (χ3n) is 5.42. The van der Waals surface area contributed by atoms with Gasteiger partial charge in [0.15, 0.2) is 0 Å². The molecule has 1 unspecified atom stereocenters. The molecule has 0 amide bonds. The van der Waals surface area contributed by atoms with Gasteiger partial charge in [0.25, 0.3) is 0 Å². The molecule has 3 aromatic carbocycles. The summed E-state index contributed by atoms with van der Waals surface area (Å²) in [6.07, 6.45) is 4.80. The first kappa shape index (κ1) is 22.1. The molecular weight excluding hydrogens is 436 g/mol. The van der Waals surface area contributed by atoms with Crippen LogP contribution in [0.15, 0.2) is 104 Å². The first-order valence-corrected chi connectivity index (χ1v) is 11.1. The van der Waals surface area contributed by atoms with Gasteiger partial charge in [-0.15, -0.1) is 0 Å². The monoisotopic (exact) mass is 458 g/mol. The number of benzene rings is 3. The van der Waals surface area contributed by atoms with Gasteiger partial charge < -0.3 is 15.2 Å². The molecule has 0 aliphatic heterocycles. The maximum atomic E-state index is 10.8. The predicted octanol–water partition coefficient (Wildman–Crippen LogP) is 5.82. The quantitative estimate of drug-likeness (QED) is 0.323. The summed E-state index contributed by atoms with van der Waals surface area (Å²) in [6.45, 7) is 1.66. The van der Waals surface area contributed by atoms with Crippen molar-refractivity contribution in [1.29, 1.82) is 0 Å². The SMILES string of the molecule is CC(O)(C#Cc1ccc2ncnc(Nc3ccc(Oc4ccccc4)cc3)c2c1)c1ccncc1. The molecule has 1 atom stereocenters. The van der Waals surface area contributed by atoms with Gasteiger partial charge in [0.1, 0.15) is 29.2 Å². The number of nitrogens with one attached hydrogen (secondary N) is 1. The molecule has 0 bridgehead atoms. The first-order valence-electron chi connectivity index (χ1n) is 11.1. The summed E-state index contributed by atoms with van der Waals surface area (Å²) < 4.78 is 5.86. The van der Waals surface area contributed by atoms with E-state index in [-0.39, 0.29) is 0 Å². The highest BCUT2D eigenvalue weighted by Crippen LogP contribution is 2.27. The van der Waals surface area contributed by atoms with Crippen LogP contribution in [0, 0.1) is 11.8 Å². The zero-order chi connectivity index (χ0) is 24.1. The molecule has 0 saturated heterocycles. The second-order valence-corrected chi connectivity index (χ2v) is 8.08. The minimum Gasteiger partial charge on any atom is -0.457 e. The minimum atomic E-state index is -1.30. The zero-order valence-corrected chi connectivity index (χ0v) is 19.0. The summed E-state index contributed by atoms with van der Waals surface area (Å²) in [6, 6.07) is 26.5. The molecule has 6 nitrogen and oxygen atoms in total. The number of para-hydroxylation sites is 1. The van der Waals surface area contributed by atoms with E-state index in [0.717, 1.165) is 33.7 Å². The van der Waals surface area contributed by atoms with E-state index < -0.39 is 5.60 Å². The molecule has 5 aromatic rings. The summed E-state index contributed by atoms with van der Waals surface area (Å²) in [4.78, 5) is 12.8. The Hall–Kier alpha value is -4.73. The second-order valence-electron chi connectivity index (χ2n) is 8.08. The Morgan fingerprint density at radius 1 is 0.857 bits per heavy atom. The average molecular weight is 459 g/mol. The zero-order valence-electron chi connectivity index (χ0n) is 19.0. The molecular formula is C29H22N4O2. The van der Waals surface area contributed by atoms with Crippen LogP contribution >= 0.6 is 0 Å². The van der Waals surface area contributed by atoms with Crippen LogP contribution in [0.25, 0.3) is 10.9 Å². The van der Waals surface area contributed by atoms with Crippen molar-refractivity contribution in [1.82, 2.24) is 15.0 Å². The smallest absolute Gasteiger partial charge is 0.148 e. The summed E-state index contributed by atoms with van der Waals surface area (Å²) in [5.41, 5.74) is 1.79. The molecule has 2 aromatic heterocycles. The fourth-order valence-corrected chi connectivity index (χ4v) is 3.54. The van der Waals surface area contributed by atoms with Crippen LogP contribution in [0.5, 0.6) is 11.5 Å². The first-order chi connectivity index (χ1) is 17.1. The molecule has 0 aliphatic rings. The highest BCUT2D eigenvalue weighted by Gasteiger charge is 2.19.